The first-order valence-electron chi connectivity index (χ1n) is 11.6. The molecular formula is C26H23Cl2N7O2. The van der Waals surface area contributed by atoms with E-state index >= 15 is 0 Å². The fourth-order valence-corrected chi connectivity index (χ4v) is 4.50. The van der Waals surface area contributed by atoms with Crippen LogP contribution in [0.5, 0.6) is 0 Å². The zero-order valence-electron chi connectivity index (χ0n) is 19.8. The number of carbonyl (C=O) groups is 1. The minimum absolute atomic E-state index is 0.0885. The molecule has 0 saturated heterocycles. The number of rotatable bonds is 7. The van der Waals surface area contributed by atoms with Crippen molar-refractivity contribution in [3.63, 3.8) is 0 Å². The number of primary amides is 1. The molecule has 3 heterocycles. The quantitative estimate of drug-likeness (QED) is 0.386. The summed E-state index contributed by atoms with van der Waals surface area (Å²) in [7, 11) is 0. The van der Waals surface area contributed by atoms with Gasteiger partial charge < -0.3 is 5.73 Å². The molecule has 1 amide bonds. The molecular weight excluding hydrogens is 513 g/mol. The Bertz CT molecular complexity index is 1510. The van der Waals surface area contributed by atoms with Gasteiger partial charge in [0.05, 0.1) is 29.5 Å². The summed E-state index contributed by atoms with van der Waals surface area (Å²) >= 11 is 12.1. The molecule has 0 saturated carbocycles. The highest BCUT2D eigenvalue weighted by Crippen LogP contribution is 2.32. The van der Waals surface area contributed by atoms with Crippen LogP contribution in [0.25, 0.3) is 0 Å². The molecule has 2 N–H and O–H groups in total. The van der Waals surface area contributed by atoms with Gasteiger partial charge in [0.15, 0.2) is 0 Å². The van der Waals surface area contributed by atoms with Crippen LogP contribution >= 0.6 is 23.2 Å². The molecule has 37 heavy (non-hydrogen) atoms. The van der Waals surface area contributed by atoms with Gasteiger partial charge in [-0.2, -0.15) is 5.10 Å². The Hall–Kier alpha value is -3.95. The Morgan fingerprint density at radius 1 is 1.05 bits per heavy atom. The van der Waals surface area contributed by atoms with Gasteiger partial charge in [-0.25, -0.2) is 19.1 Å². The first-order chi connectivity index (χ1) is 17.8. The summed E-state index contributed by atoms with van der Waals surface area (Å²) in [5, 5.41) is 12.2. The standard InChI is InChI=1S/C26H23Cl2N7O2/c1-16(24(29)36)35-25(32-34(26(35)37)14-21-12-11-20(28)13-30-21)33-15-22(17-5-3-2-4-6-17)23(31-33)18-7-9-19(27)10-8-18/h2-13,16,22H,14-15H2,1H3,(H2,29,36)/t16-,22-/m0/s1. The number of halogens is 2. The molecule has 0 spiro atoms. The van der Waals surface area contributed by atoms with Crippen molar-refractivity contribution in [1.29, 1.82) is 0 Å². The van der Waals surface area contributed by atoms with E-state index in [0.717, 1.165) is 16.8 Å². The summed E-state index contributed by atoms with van der Waals surface area (Å²) < 4.78 is 2.52. The molecule has 5 rings (SSSR count). The van der Waals surface area contributed by atoms with Gasteiger partial charge >= 0.3 is 5.69 Å². The summed E-state index contributed by atoms with van der Waals surface area (Å²) in [4.78, 5) is 29.8. The van der Waals surface area contributed by atoms with Gasteiger partial charge in [0.1, 0.15) is 6.04 Å². The minimum atomic E-state index is -0.945. The molecule has 0 bridgehead atoms. The Morgan fingerprint density at radius 3 is 2.41 bits per heavy atom. The van der Waals surface area contributed by atoms with Gasteiger partial charge in [0.25, 0.3) is 0 Å². The molecule has 2 aromatic heterocycles. The van der Waals surface area contributed by atoms with Crippen molar-refractivity contribution in [3.05, 3.63) is 110 Å². The third-order valence-electron chi connectivity index (χ3n) is 6.24. The average Bonchev–Trinajstić information content (AvgIpc) is 3.48. The number of nitrogens with two attached hydrogens (primary N) is 1. The van der Waals surface area contributed by atoms with Gasteiger partial charge in [0, 0.05) is 17.1 Å². The number of aromatic nitrogens is 4. The van der Waals surface area contributed by atoms with Gasteiger partial charge in [-0.1, -0.05) is 65.7 Å². The van der Waals surface area contributed by atoms with Crippen LogP contribution in [0.2, 0.25) is 10.0 Å². The predicted octanol–water partition coefficient (Wildman–Crippen LogP) is 3.85. The van der Waals surface area contributed by atoms with Gasteiger partial charge in [-0.3, -0.25) is 9.78 Å². The van der Waals surface area contributed by atoms with Crippen molar-refractivity contribution < 1.29 is 4.79 Å². The van der Waals surface area contributed by atoms with E-state index in [0.29, 0.717) is 22.3 Å². The molecule has 188 valence electrons. The number of carbonyl (C=O) groups excluding carboxylic acids is 1. The third kappa shape index (κ3) is 5.00. The molecule has 9 nitrogen and oxygen atoms in total. The van der Waals surface area contributed by atoms with Crippen molar-refractivity contribution in [2.24, 2.45) is 10.8 Å². The summed E-state index contributed by atoms with van der Waals surface area (Å²) in [6.07, 6.45) is 1.50. The van der Waals surface area contributed by atoms with Crippen LogP contribution < -0.4 is 16.4 Å². The summed E-state index contributed by atoms with van der Waals surface area (Å²) in [5.41, 5.74) is 8.44. The fourth-order valence-electron chi connectivity index (χ4n) is 4.26. The maximum atomic E-state index is 13.4. The zero-order valence-corrected chi connectivity index (χ0v) is 21.3. The molecule has 0 fully saturated rings. The number of nitrogens with zero attached hydrogens (tertiary/aromatic N) is 6. The molecule has 11 heteroatoms. The van der Waals surface area contributed by atoms with Gasteiger partial charge in [-0.05, 0) is 42.3 Å². The zero-order chi connectivity index (χ0) is 26.1. The van der Waals surface area contributed by atoms with Crippen LogP contribution in [0.15, 0.2) is 82.8 Å². The topological polar surface area (TPSA) is 111 Å². The van der Waals surface area contributed by atoms with Crippen LogP contribution in [0.3, 0.4) is 0 Å². The summed E-state index contributed by atoms with van der Waals surface area (Å²) in [6, 6.07) is 19.8. The lowest BCUT2D eigenvalue weighted by molar-refractivity contribution is -0.120. The van der Waals surface area contributed by atoms with E-state index in [-0.39, 0.29) is 18.4 Å². The Balaban J connectivity index is 1.60. The minimum Gasteiger partial charge on any atom is -0.368 e. The number of benzene rings is 2. The van der Waals surface area contributed by atoms with Crippen molar-refractivity contribution in [3.8, 4) is 0 Å². The molecule has 0 radical (unpaired) electrons. The summed E-state index contributed by atoms with van der Waals surface area (Å²) in [6.45, 7) is 2.06. The number of hydrogen-bond donors (Lipinski definition) is 1. The maximum Gasteiger partial charge on any atom is 0.348 e. The van der Waals surface area contributed by atoms with Crippen molar-refractivity contribution in [2.45, 2.75) is 25.4 Å². The van der Waals surface area contributed by atoms with Gasteiger partial charge in [0.2, 0.25) is 11.9 Å². The van der Waals surface area contributed by atoms with E-state index in [9.17, 15) is 9.59 Å². The second kappa shape index (κ2) is 10.2. The molecule has 0 aliphatic carbocycles. The number of hydrazone groups is 1. The molecule has 2 atom stereocenters. The van der Waals surface area contributed by atoms with E-state index in [1.54, 1.807) is 24.1 Å². The lowest BCUT2D eigenvalue weighted by Crippen LogP contribution is -2.35. The van der Waals surface area contributed by atoms with E-state index in [1.165, 1.54) is 15.4 Å². The highest BCUT2D eigenvalue weighted by molar-refractivity contribution is 6.30. The monoisotopic (exact) mass is 535 g/mol. The maximum absolute atomic E-state index is 13.4. The second-order valence-electron chi connectivity index (χ2n) is 8.69. The van der Waals surface area contributed by atoms with Crippen molar-refractivity contribution >= 4 is 40.8 Å². The Kier molecular flexibility index (Phi) is 6.82. The Labute approximate surface area is 222 Å². The van der Waals surface area contributed by atoms with Crippen LogP contribution in [0.1, 0.15) is 35.7 Å². The van der Waals surface area contributed by atoms with E-state index in [4.69, 9.17) is 34.0 Å². The second-order valence-corrected chi connectivity index (χ2v) is 9.57. The number of anilines is 1. The number of hydrogen-bond acceptors (Lipinski definition) is 6. The van der Waals surface area contributed by atoms with Gasteiger partial charge in [-0.15, -0.1) is 5.10 Å². The first-order valence-corrected chi connectivity index (χ1v) is 12.3. The number of pyridine rings is 1. The van der Waals surface area contributed by atoms with Crippen LogP contribution in [-0.4, -0.2) is 37.5 Å². The van der Waals surface area contributed by atoms with E-state index in [1.807, 2.05) is 54.6 Å². The first kappa shape index (κ1) is 24.7. The highest BCUT2D eigenvalue weighted by atomic mass is 35.5. The van der Waals surface area contributed by atoms with Crippen molar-refractivity contribution in [1.82, 2.24) is 19.3 Å². The smallest absolute Gasteiger partial charge is 0.348 e. The molecule has 4 aromatic rings. The molecule has 1 aliphatic rings. The lowest BCUT2D eigenvalue weighted by Gasteiger charge is -2.18. The SMILES string of the molecule is C[C@@H](C(N)=O)n1c(N2C[C@@H](c3ccccc3)C(c3ccc(Cl)cc3)=N2)nn(Cc2ccc(Cl)cn2)c1=O. The average molecular weight is 536 g/mol. The van der Waals surface area contributed by atoms with Crippen LogP contribution in [0.4, 0.5) is 5.95 Å². The van der Waals surface area contributed by atoms with Crippen molar-refractivity contribution in [2.75, 3.05) is 11.6 Å². The molecule has 0 unspecified atom stereocenters. The normalized spacial score (nSPS) is 16.0. The molecule has 1 aliphatic heterocycles. The summed E-state index contributed by atoms with van der Waals surface area (Å²) in [5.74, 6) is -0.554. The number of amides is 1. The largest absolute Gasteiger partial charge is 0.368 e. The highest BCUT2D eigenvalue weighted by Gasteiger charge is 2.34. The van der Waals surface area contributed by atoms with E-state index in [2.05, 4.69) is 10.1 Å². The molecule has 2 aromatic carbocycles. The lowest BCUT2D eigenvalue weighted by atomic mass is 9.91. The van der Waals surface area contributed by atoms with Crippen LogP contribution in [-0.2, 0) is 11.3 Å². The predicted molar refractivity (Wildman–Crippen MR) is 143 cm³/mol. The van der Waals surface area contributed by atoms with E-state index < -0.39 is 17.6 Å². The third-order valence-corrected chi connectivity index (χ3v) is 6.71. The van der Waals surface area contributed by atoms with Crippen LogP contribution in [0, 0.1) is 0 Å². The Morgan fingerprint density at radius 2 is 1.76 bits per heavy atom. The fraction of sp³-hybridized carbons (Fsp3) is 0.192.